The number of nitrogens with one attached hydrogen (secondary N) is 1. The molecule has 1 amide bonds. The number of ether oxygens (including phenoxy) is 1. The molecule has 0 aromatic heterocycles. The predicted molar refractivity (Wildman–Crippen MR) is 128 cm³/mol. The SMILES string of the molecule is COC(=O)C(CS(=O)(=O)O)NC(=O)/C=C(C)/C=C/C=C(C)/C=C/C1=C(C)CCCC1(C)C.[H-].[Na+]. The van der Waals surface area contributed by atoms with Crippen molar-refractivity contribution < 1.29 is 58.3 Å². The Labute approximate surface area is 221 Å². The van der Waals surface area contributed by atoms with E-state index < -0.39 is 33.8 Å². The molecule has 1 rings (SSSR count). The molecule has 0 aromatic rings. The van der Waals surface area contributed by atoms with Crippen LogP contribution >= 0.6 is 0 Å². The third-order valence-electron chi connectivity index (χ3n) is 5.31. The van der Waals surface area contributed by atoms with Gasteiger partial charge in [-0.25, -0.2) is 4.79 Å². The van der Waals surface area contributed by atoms with Crippen LogP contribution in [0.15, 0.2) is 58.7 Å². The second kappa shape index (κ2) is 14.1. The normalized spacial score (nSPS) is 18.3. The van der Waals surface area contributed by atoms with Crippen molar-refractivity contribution in [1.82, 2.24) is 5.32 Å². The number of hydrogen-bond donors (Lipinski definition) is 2. The summed E-state index contributed by atoms with van der Waals surface area (Å²) >= 11 is 0. The van der Waals surface area contributed by atoms with Crippen molar-refractivity contribution in [1.29, 1.82) is 0 Å². The van der Waals surface area contributed by atoms with Crippen LogP contribution in [-0.2, 0) is 24.4 Å². The molecule has 1 unspecified atom stereocenters. The molecular weight excluding hydrogens is 453 g/mol. The van der Waals surface area contributed by atoms with Gasteiger partial charge in [-0.1, -0.05) is 55.4 Å². The molecule has 0 radical (unpaired) electrons. The van der Waals surface area contributed by atoms with E-state index in [1.54, 1.807) is 13.0 Å². The quantitative estimate of drug-likeness (QED) is 0.166. The number of carbonyl (C=O) groups excluding carboxylic acids is 2. The fourth-order valence-electron chi connectivity index (χ4n) is 3.62. The van der Waals surface area contributed by atoms with E-state index in [1.807, 2.05) is 19.1 Å². The Morgan fingerprint density at radius 3 is 2.42 bits per heavy atom. The van der Waals surface area contributed by atoms with Crippen LogP contribution in [0.2, 0.25) is 0 Å². The maximum atomic E-state index is 12.1. The number of esters is 1. The Balaban J connectivity index is 0. The smallest absolute Gasteiger partial charge is 1.00 e. The third kappa shape index (κ3) is 12.0. The Kier molecular flexibility index (Phi) is 13.4. The monoisotopic (exact) mass is 489 g/mol. The van der Waals surface area contributed by atoms with Gasteiger partial charge in [0.1, 0.15) is 11.8 Å². The molecule has 33 heavy (non-hydrogen) atoms. The minimum Gasteiger partial charge on any atom is -1.00 e. The van der Waals surface area contributed by atoms with E-state index in [9.17, 15) is 18.0 Å². The van der Waals surface area contributed by atoms with E-state index >= 15 is 0 Å². The Bertz CT molecular complexity index is 977. The molecule has 1 atom stereocenters. The van der Waals surface area contributed by atoms with Gasteiger partial charge in [-0.05, 0) is 56.6 Å². The number of allylic oxidation sites excluding steroid dienone is 9. The van der Waals surface area contributed by atoms with Crippen molar-refractivity contribution in [3.63, 3.8) is 0 Å². The Morgan fingerprint density at radius 1 is 1.24 bits per heavy atom. The van der Waals surface area contributed by atoms with Crippen molar-refractivity contribution in [2.45, 2.75) is 59.9 Å². The van der Waals surface area contributed by atoms with Crippen LogP contribution in [0.4, 0.5) is 0 Å². The van der Waals surface area contributed by atoms with Gasteiger partial charge in [0, 0.05) is 6.08 Å². The summed E-state index contributed by atoms with van der Waals surface area (Å²) in [5.74, 6) is -2.60. The van der Waals surface area contributed by atoms with Gasteiger partial charge < -0.3 is 11.5 Å². The first-order valence-corrected chi connectivity index (χ1v) is 12.1. The fraction of sp³-hybridized carbons (Fsp3) is 0.500. The minimum absolute atomic E-state index is 0. The van der Waals surface area contributed by atoms with Crippen molar-refractivity contribution in [2.24, 2.45) is 5.41 Å². The zero-order valence-electron chi connectivity index (χ0n) is 21.8. The summed E-state index contributed by atoms with van der Waals surface area (Å²) in [6.45, 7) is 10.4. The molecule has 2 N–H and O–H groups in total. The second-order valence-corrected chi connectivity index (χ2v) is 10.3. The number of amides is 1. The van der Waals surface area contributed by atoms with Crippen molar-refractivity contribution in [3.8, 4) is 0 Å². The summed E-state index contributed by atoms with van der Waals surface area (Å²) in [6, 6.07) is -1.50. The molecule has 0 aromatic carbocycles. The van der Waals surface area contributed by atoms with Gasteiger partial charge in [-0.3, -0.25) is 9.35 Å². The van der Waals surface area contributed by atoms with Crippen molar-refractivity contribution in [3.05, 3.63) is 58.7 Å². The van der Waals surface area contributed by atoms with Crippen molar-refractivity contribution in [2.75, 3.05) is 12.9 Å². The standard InChI is InChI=1S/C24H35NO6S.Na.H/c1-17(12-13-20-19(3)11-8-14-24(20,4)5)9-7-10-18(2)15-22(26)25-21(23(27)31-6)16-32(28,29)30;;/h7,9-10,12-13,15,21H,8,11,14,16H2,1-6H3,(H,25,26)(H,28,29,30);;/q;+1;-1/b10-7+,13-12+,17-9+,18-15+;;. The van der Waals surface area contributed by atoms with Gasteiger partial charge in [0.15, 0.2) is 0 Å². The predicted octanol–water partition coefficient (Wildman–Crippen LogP) is 1.18. The number of rotatable bonds is 9. The molecule has 7 nitrogen and oxygen atoms in total. The average molecular weight is 490 g/mol. The zero-order valence-corrected chi connectivity index (χ0v) is 23.6. The molecule has 180 valence electrons. The first-order chi connectivity index (χ1) is 14.7. The summed E-state index contributed by atoms with van der Waals surface area (Å²) in [6.07, 6.45) is 14.5. The van der Waals surface area contributed by atoms with Gasteiger partial charge >= 0.3 is 35.5 Å². The maximum Gasteiger partial charge on any atom is 1.00 e. The summed E-state index contributed by atoms with van der Waals surface area (Å²) in [5.41, 5.74) is 4.65. The van der Waals surface area contributed by atoms with Gasteiger partial charge in [0.05, 0.1) is 7.11 Å². The number of methoxy groups -OCH3 is 1. The molecule has 0 heterocycles. The van der Waals surface area contributed by atoms with E-state index in [2.05, 4.69) is 43.0 Å². The van der Waals surface area contributed by atoms with Gasteiger partial charge in [-0.15, -0.1) is 0 Å². The Hall–Kier alpha value is -1.45. The van der Waals surface area contributed by atoms with Crippen LogP contribution in [0, 0.1) is 5.41 Å². The first kappa shape index (κ1) is 31.6. The summed E-state index contributed by atoms with van der Waals surface area (Å²) in [7, 11) is -3.41. The fourth-order valence-corrected chi connectivity index (χ4v) is 4.26. The zero-order chi connectivity index (χ0) is 24.5. The van der Waals surface area contributed by atoms with Crippen LogP contribution in [-0.4, -0.2) is 43.8 Å². The largest absolute Gasteiger partial charge is 1.00 e. The molecule has 1 aliphatic rings. The molecule has 0 saturated carbocycles. The number of carbonyl (C=O) groups is 2. The molecule has 0 bridgehead atoms. The third-order valence-corrected chi connectivity index (χ3v) is 6.07. The Morgan fingerprint density at radius 2 is 1.88 bits per heavy atom. The topological polar surface area (TPSA) is 110 Å². The minimum atomic E-state index is -4.47. The van der Waals surface area contributed by atoms with E-state index in [1.165, 1.54) is 30.1 Å². The van der Waals surface area contributed by atoms with Crippen LogP contribution in [0.3, 0.4) is 0 Å². The van der Waals surface area contributed by atoms with Crippen LogP contribution < -0.4 is 34.9 Å². The van der Waals surface area contributed by atoms with Gasteiger partial charge in [-0.2, -0.15) is 8.42 Å². The van der Waals surface area contributed by atoms with E-state index in [0.29, 0.717) is 5.57 Å². The van der Waals surface area contributed by atoms with Crippen LogP contribution in [0.1, 0.15) is 55.3 Å². The number of hydrogen-bond acceptors (Lipinski definition) is 5. The molecule has 0 fully saturated rings. The molecule has 0 aliphatic heterocycles. The molecule has 9 heteroatoms. The van der Waals surface area contributed by atoms with Crippen LogP contribution in [0.25, 0.3) is 0 Å². The van der Waals surface area contributed by atoms with E-state index in [0.717, 1.165) is 19.1 Å². The second-order valence-electron chi connectivity index (χ2n) is 8.76. The average Bonchev–Trinajstić information content (AvgIpc) is 2.64. The maximum absolute atomic E-state index is 12.1. The summed E-state index contributed by atoms with van der Waals surface area (Å²) in [5, 5.41) is 2.23. The molecule has 0 spiro atoms. The van der Waals surface area contributed by atoms with Gasteiger partial charge in [0.2, 0.25) is 5.91 Å². The molecular formula is C24H36NNaO6S. The van der Waals surface area contributed by atoms with Crippen molar-refractivity contribution >= 4 is 22.0 Å². The first-order valence-electron chi connectivity index (χ1n) is 10.5. The van der Waals surface area contributed by atoms with E-state index in [4.69, 9.17) is 4.55 Å². The van der Waals surface area contributed by atoms with E-state index in [-0.39, 0.29) is 36.4 Å². The molecule has 0 saturated heterocycles. The summed E-state index contributed by atoms with van der Waals surface area (Å²) < 4.78 is 35.5. The van der Waals surface area contributed by atoms with Crippen LogP contribution in [0.5, 0.6) is 0 Å². The molecule has 1 aliphatic carbocycles. The summed E-state index contributed by atoms with van der Waals surface area (Å²) in [4.78, 5) is 23.7. The van der Waals surface area contributed by atoms with Gasteiger partial charge in [0.25, 0.3) is 10.1 Å².